The fraction of sp³-hybridized carbons (Fsp3) is 0.944. The van der Waals surface area contributed by atoms with E-state index in [1.807, 2.05) is 13.8 Å². The molecule has 0 bridgehead atoms. The summed E-state index contributed by atoms with van der Waals surface area (Å²) in [6, 6.07) is 0. The number of hydrogen-bond acceptors (Lipinski definition) is 3. The maximum atomic E-state index is 11.4. The van der Waals surface area contributed by atoms with E-state index in [0.717, 1.165) is 19.0 Å². The molecule has 2 aliphatic rings. The first-order valence-electron chi connectivity index (χ1n) is 8.95. The highest BCUT2D eigenvalue weighted by molar-refractivity contribution is 5.70. The van der Waals surface area contributed by atoms with E-state index >= 15 is 0 Å². The van der Waals surface area contributed by atoms with Crippen molar-refractivity contribution in [2.45, 2.75) is 78.0 Å². The summed E-state index contributed by atoms with van der Waals surface area (Å²) < 4.78 is 6.20. The van der Waals surface area contributed by atoms with Crippen molar-refractivity contribution in [3.05, 3.63) is 0 Å². The van der Waals surface area contributed by atoms with Gasteiger partial charge in [-0.15, -0.1) is 0 Å². The first-order valence-corrected chi connectivity index (χ1v) is 8.95. The third-order valence-electron chi connectivity index (χ3n) is 5.48. The van der Waals surface area contributed by atoms with E-state index in [-0.39, 0.29) is 23.7 Å². The molecule has 2 fully saturated rings. The zero-order valence-electron chi connectivity index (χ0n) is 14.7. The smallest absolute Gasteiger partial charge is 0.306 e. The molecule has 0 radical (unpaired) electrons. The number of carboxylic acid groups (broad SMARTS) is 1. The Hall–Kier alpha value is -0.610. The van der Waals surface area contributed by atoms with Crippen LogP contribution in [0.3, 0.4) is 0 Å². The van der Waals surface area contributed by atoms with Crippen molar-refractivity contribution < 1.29 is 14.6 Å². The molecule has 2 atom stereocenters. The molecule has 0 aromatic carbocycles. The molecule has 22 heavy (non-hydrogen) atoms. The minimum absolute atomic E-state index is 0.0436. The van der Waals surface area contributed by atoms with E-state index in [9.17, 15) is 9.90 Å². The summed E-state index contributed by atoms with van der Waals surface area (Å²) in [6.45, 7) is 10.2. The van der Waals surface area contributed by atoms with Crippen molar-refractivity contribution in [3.8, 4) is 0 Å². The quantitative estimate of drug-likeness (QED) is 0.811. The minimum Gasteiger partial charge on any atom is -0.481 e. The average molecular weight is 311 g/mol. The molecular weight excluding hydrogens is 278 g/mol. The first kappa shape index (κ1) is 17.7. The van der Waals surface area contributed by atoms with Crippen molar-refractivity contribution in [1.82, 2.24) is 4.90 Å². The second kappa shape index (κ2) is 7.31. The molecule has 1 N–H and O–H groups in total. The Morgan fingerprint density at radius 1 is 1.27 bits per heavy atom. The Kier molecular flexibility index (Phi) is 5.89. The molecule has 1 heterocycles. The zero-order chi connectivity index (χ0) is 16.3. The van der Waals surface area contributed by atoms with Gasteiger partial charge in [-0.3, -0.25) is 9.69 Å². The lowest BCUT2D eigenvalue weighted by molar-refractivity contribution is -0.146. The lowest BCUT2D eigenvalue weighted by Crippen LogP contribution is -2.42. The number of ether oxygens (including phenoxy) is 1. The highest BCUT2D eigenvalue weighted by atomic mass is 16.5. The average Bonchev–Trinajstić information content (AvgIpc) is 2.71. The van der Waals surface area contributed by atoms with E-state index < -0.39 is 5.97 Å². The van der Waals surface area contributed by atoms with Gasteiger partial charge in [-0.25, -0.2) is 0 Å². The van der Waals surface area contributed by atoms with Gasteiger partial charge in [0, 0.05) is 13.1 Å². The largest absolute Gasteiger partial charge is 0.481 e. The molecular formula is C18H33NO3. The van der Waals surface area contributed by atoms with Gasteiger partial charge in [-0.2, -0.15) is 0 Å². The Morgan fingerprint density at radius 2 is 1.91 bits per heavy atom. The molecule has 0 amide bonds. The fourth-order valence-electron chi connectivity index (χ4n) is 4.03. The topological polar surface area (TPSA) is 49.8 Å². The molecule has 0 spiro atoms. The molecule has 1 saturated carbocycles. The normalized spacial score (nSPS) is 28.1. The second-order valence-electron chi connectivity index (χ2n) is 8.02. The Bertz CT molecular complexity index is 375. The Balaban J connectivity index is 1.92. The predicted molar refractivity (Wildman–Crippen MR) is 87.7 cm³/mol. The van der Waals surface area contributed by atoms with Crippen LogP contribution in [0.15, 0.2) is 0 Å². The van der Waals surface area contributed by atoms with E-state index in [2.05, 4.69) is 18.7 Å². The molecule has 0 aromatic rings. The van der Waals surface area contributed by atoms with Gasteiger partial charge in [0.25, 0.3) is 0 Å². The van der Waals surface area contributed by atoms with Crippen LogP contribution in [0.25, 0.3) is 0 Å². The van der Waals surface area contributed by atoms with Crippen LogP contribution in [0, 0.1) is 17.8 Å². The summed E-state index contributed by atoms with van der Waals surface area (Å²) in [6.07, 6.45) is 7.44. The van der Waals surface area contributed by atoms with Crippen LogP contribution < -0.4 is 0 Å². The van der Waals surface area contributed by atoms with Gasteiger partial charge < -0.3 is 9.84 Å². The van der Waals surface area contributed by atoms with E-state index in [1.165, 1.54) is 32.1 Å². The van der Waals surface area contributed by atoms with Gasteiger partial charge in [0.05, 0.1) is 12.0 Å². The van der Waals surface area contributed by atoms with Gasteiger partial charge in [-0.05, 0) is 44.9 Å². The monoisotopic (exact) mass is 311 g/mol. The van der Waals surface area contributed by atoms with Crippen LogP contribution in [0.1, 0.15) is 66.2 Å². The molecule has 1 unspecified atom stereocenters. The summed E-state index contributed by atoms with van der Waals surface area (Å²) in [5.74, 6) is -0.0649. The summed E-state index contributed by atoms with van der Waals surface area (Å²) in [5.41, 5.74) is -0.262. The molecule has 1 aliphatic carbocycles. The van der Waals surface area contributed by atoms with Gasteiger partial charge in [-0.1, -0.05) is 33.1 Å². The van der Waals surface area contributed by atoms with Crippen molar-refractivity contribution in [2.75, 3.05) is 13.1 Å². The number of carboxylic acids is 1. The van der Waals surface area contributed by atoms with Crippen LogP contribution in [0.5, 0.6) is 0 Å². The molecule has 0 aromatic heterocycles. The number of hydrogen-bond donors (Lipinski definition) is 1. The third-order valence-corrected chi connectivity index (χ3v) is 5.48. The lowest BCUT2D eigenvalue weighted by atomic mass is 9.88. The highest BCUT2D eigenvalue weighted by Gasteiger charge is 2.41. The lowest BCUT2D eigenvalue weighted by Gasteiger charge is -2.34. The van der Waals surface area contributed by atoms with Gasteiger partial charge in [0.1, 0.15) is 5.72 Å². The molecule has 128 valence electrons. The standard InChI is InChI=1S/C18H33NO3/c1-13(2)16(17(20)21)10-15-12-19(18(3,4)22-15)11-14-8-6-5-7-9-14/h13-16H,5-12H2,1-4H3,(H,20,21)/t15-,16?/m0/s1. The minimum atomic E-state index is -0.692. The number of nitrogens with zero attached hydrogens (tertiary/aromatic N) is 1. The van der Waals surface area contributed by atoms with Crippen molar-refractivity contribution in [3.63, 3.8) is 0 Å². The van der Waals surface area contributed by atoms with Crippen molar-refractivity contribution in [2.24, 2.45) is 17.8 Å². The summed E-state index contributed by atoms with van der Waals surface area (Å²) in [4.78, 5) is 13.9. The fourth-order valence-corrected chi connectivity index (χ4v) is 4.03. The summed E-state index contributed by atoms with van der Waals surface area (Å²) in [5, 5.41) is 9.39. The maximum Gasteiger partial charge on any atom is 0.306 e. The van der Waals surface area contributed by atoms with Gasteiger partial charge >= 0.3 is 5.97 Å². The maximum absolute atomic E-state index is 11.4. The number of rotatable bonds is 6. The molecule has 4 heteroatoms. The molecule has 1 saturated heterocycles. The predicted octanol–water partition coefficient (Wildman–Crippen LogP) is 3.75. The van der Waals surface area contributed by atoms with Crippen molar-refractivity contribution >= 4 is 5.97 Å². The summed E-state index contributed by atoms with van der Waals surface area (Å²) >= 11 is 0. The second-order valence-corrected chi connectivity index (χ2v) is 8.02. The van der Waals surface area contributed by atoms with Crippen LogP contribution in [-0.4, -0.2) is 40.9 Å². The first-order chi connectivity index (χ1) is 10.3. The molecule has 2 rings (SSSR count). The van der Waals surface area contributed by atoms with E-state index in [1.54, 1.807) is 0 Å². The number of carbonyl (C=O) groups is 1. The Morgan fingerprint density at radius 3 is 2.45 bits per heavy atom. The zero-order valence-corrected chi connectivity index (χ0v) is 14.7. The van der Waals surface area contributed by atoms with Crippen LogP contribution in [-0.2, 0) is 9.53 Å². The van der Waals surface area contributed by atoms with Crippen LogP contribution >= 0.6 is 0 Å². The van der Waals surface area contributed by atoms with E-state index in [4.69, 9.17) is 4.74 Å². The molecule has 4 nitrogen and oxygen atoms in total. The van der Waals surface area contributed by atoms with Crippen LogP contribution in [0.4, 0.5) is 0 Å². The Labute approximate surface area is 135 Å². The van der Waals surface area contributed by atoms with Gasteiger partial charge in [0.2, 0.25) is 0 Å². The molecule has 1 aliphatic heterocycles. The van der Waals surface area contributed by atoms with Gasteiger partial charge in [0.15, 0.2) is 0 Å². The van der Waals surface area contributed by atoms with E-state index in [0.29, 0.717) is 6.42 Å². The van der Waals surface area contributed by atoms with Crippen LogP contribution in [0.2, 0.25) is 0 Å². The highest BCUT2D eigenvalue weighted by Crippen LogP contribution is 2.34. The summed E-state index contributed by atoms with van der Waals surface area (Å²) in [7, 11) is 0. The number of aliphatic carboxylic acids is 1. The van der Waals surface area contributed by atoms with Crippen molar-refractivity contribution in [1.29, 1.82) is 0 Å². The SMILES string of the molecule is CC(C)C(C[C@H]1CN(CC2CCCCC2)C(C)(C)O1)C(=O)O. The third kappa shape index (κ3) is 4.45.